The highest BCUT2D eigenvalue weighted by Crippen LogP contribution is 2.34. The molecule has 2 unspecified atom stereocenters. The Kier molecular flexibility index (Phi) is 5.22. The van der Waals surface area contributed by atoms with E-state index in [0.717, 1.165) is 12.8 Å². The van der Waals surface area contributed by atoms with E-state index in [1.54, 1.807) is 0 Å². The molecule has 0 aromatic heterocycles. The van der Waals surface area contributed by atoms with Crippen molar-refractivity contribution >= 4 is 0 Å². The van der Waals surface area contributed by atoms with E-state index in [9.17, 15) is 18.3 Å². The van der Waals surface area contributed by atoms with Gasteiger partial charge in [0, 0.05) is 12.1 Å². The van der Waals surface area contributed by atoms with Crippen LogP contribution in [0.25, 0.3) is 0 Å². The number of aliphatic hydroxyl groups excluding tert-OH is 1. The summed E-state index contributed by atoms with van der Waals surface area (Å²) in [6.07, 6.45) is -1.71. The van der Waals surface area contributed by atoms with Crippen LogP contribution in [0.1, 0.15) is 26.2 Å². The van der Waals surface area contributed by atoms with Crippen LogP contribution in [0.5, 0.6) is 0 Å². The van der Waals surface area contributed by atoms with E-state index < -0.39 is 18.8 Å². The fraction of sp³-hybridized carbons (Fsp3) is 1.00. The molecule has 0 amide bonds. The van der Waals surface area contributed by atoms with Gasteiger partial charge in [-0.1, -0.05) is 6.92 Å². The van der Waals surface area contributed by atoms with Gasteiger partial charge in [-0.3, -0.25) is 4.90 Å². The van der Waals surface area contributed by atoms with Crippen LogP contribution in [0.15, 0.2) is 0 Å². The molecular formula is C11H21F3N2O. The molecule has 0 heterocycles. The summed E-state index contributed by atoms with van der Waals surface area (Å²) in [5, 5.41) is 9.28. The first-order chi connectivity index (χ1) is 7.89. The molecule has 0 saturated heterocycles. The number of halogens is 3. The highest BCUT2D eigenvalue weighted by molar-refractivity contribution is 4.93. The maximum atomic E-state index is 12.4. The molecular weight excluding hydrogens is 233 g/mol. The van der Waals surface area contributed by atoms with Crippen molar-refractivity contribution in [1.82, 2.24) is 4.90 Å². The summed E-state index contributed by atoms with van der Waals surface area (Å²) < 4.78 is 37.3. The molecule has 17 heavy (non-hydrogen) atoms. The number of aliphatic hydroxyl groups is 1. The zero-order valence-electron chi connectivity index (χ0n) is 10.1. The molecule has 0 radical (unpaired) electrons. The van der Waals surface area contributed by atoms with Gasteiger partial charge < -0.3 is 10.8 Å². The van der Waals surface area contributed by atoms with Crippen LogP contribution >= 0.6 is 0 Å². The Hall–Kier alpha value is -0.330. The van der Waals surface area contributed by atoms with E-state index in [-0.39, 0.29) is 18.6 Å². The molecule has 102 valence electrons. The Morgan fingerprint density at radius 2 is 2.00 bits per heavy atom. The fourth-order valence-electron chi connectivity index (χ4n) is 2.16. The highest BCUT2D eigenvalue weighted by atomic mass is 19.4. The largest absolute Gasteiger partial charge is 0.401 e. The average molecular weight is 254 g/mol. The minimum Gasteiger partial charge on any atom is -0.395 e. The van der Waals surface area contributed by atoms with Crippen molar-refractivity contribution < 1.29 is 18.3 Å². The monoisotopic (exact) mass is 254 g/mol. The lowest BCUT2D eigenvalue weighted by Crippen LogP contribution is -2.54. The maximum Gasteiger partial charge on any atom is 0.401 e. The second kappa shape index (κ2) is 6.02. The zero-order valence-corrected chi connectivity index (χ0v) is 10.1. The van der Waals surface area contributed by atoms with Gasteiger partial charge >= 0.3 is 6.18 Å². The first kappa shape index (κ1) is 14.7. The lowest BCUT2D eigenvalue weighted by Gasteiger charge is -2.34. The van der Waals surface area contributed by atoms with Crippen molar-refractivity contribution in [2.24, 2.45) is 11.7 Å². The predicted molar refractivity (Wildman–Crippen MR) is 59.5 cm³/mol. The SMILES string of the molecule is CCCN(CC(F)(F)F)C(CO)C(N)C1CC1. The van der Waals surface area contributed by atoms with Crippen molar-refractivity contribution in [1.29, 1.82) is 0 Å². The van der Waals surface area contributed by atoms with Gasteiger partial charge in [-0.25, -0.2) is 0 Å². The van der Waals surface area contributed by atoms with Gasteiger partial charge in [0.05, 0.1) is 13.2 Å². The number of nitrogens with two attached hydrogens (primary N) is 1. The molecule has 0 aromatic carbocycles. The number of hydrogen-bond acceptors (Lipinski definition) is 3. The van der Waals surface area contributed by atoms with Gasteiger partial charge in [-0.2, -0.15) is 13.2 Å². The molecule has 0 aliphatic heterocycles. The molecule has 1 aliphatic carbocycles. The third-order valence-corrected chi connectivity index (χ3v) is 3.16. The van der Waals surface area contributed by atoms with Crippen LogP contribution in [0, 0.1) is 5.92 Å². The molecule has 6 heteroatoms. The van der Waals surface area contributed by atoms with Crippen molar-refractivity contribution in [3.05, 3.63) is 0 Å². The van der Waals surface area contributed by atoms with Crippen molar-refractivity contribution in [2.45, 2.75) is 44.4 Å². The quantitative estimate of drug-likeness (QED) is 0.721. The second-order valence-corrected chi connectivity index (χ2v) is 4.75. The highest BCUT2D eigenvalue weighted by Gasteiger charge is 2.40. The number of rotatable bonds is 7. The van der Waals surface area contributed by atoms with E-state index in [4.69, 9.17) is 5.73 Å². The van der Waals surface area contributed by atoms with E-state index in [1.807, 2.05) is 6.92 Å². The Bertz CT molecular complexity index is 231. The summed E-state index contributed by atoms with van der Waals surface area (Å²) in [6.45, 7) is 0.825. The molecule has 1 saturated carbocycles. The van der Waals surface area contributed by atoms with Crippen LogP contribution in [-0.4, -0.2) is 48.0 Å². The second-order valence-electron chi connectivity index (χ2n) is 4.75. The predicted octanol–water partition coefficient (Wildman–Crippen LogP) is 1.36. The summed E-state index contributed by atoms with van der Waals surface area (Å²) in [5.74, 6) is 0.278. The first-order valence-electron chi connectivity index (χ1n) is 6.06. The summed E-state index contributed by atoms with van der Waals surface area (Å²) in [4.78, 5) is 1.27. The van der Waals surface area contributed by atoms with Crippen LogP contribution < -0.4 is 5.73 Å². The summed E-state index contributed by atoms with van der Waals surface area (Å²) in [6, 6.07) is -0.932. The molecule has 1 aliphatic rings. The minimum absolute atomic E-state index is 0.278. The third-order valence-electron chi connectivity index (χ3n) is 3.16. The Morgan fingerprint density at radius 3 is 2.35 bits per heavy atom. The van der Waals surface area contributed by atoms with Crippen LogP contribution in [0.2, 0.25) is 0 Å². The Morgan fingerprint density at radius 1 is 1.41 bits per heavy atom. The first-order valence-corrected chi connectivity index (χ1v) is 6.06. The van der Waals surface area contributed by atoms with Gasteiger partial charge in [0.2, 0.25) is 0 Å². The third kappa shape index (κ3) is 4.81. The molecule has 1 fully saturated rings. The van der Waals surface area contributed by atoms with Crippen LogP contribution in [0.3, 0.4) is 0 Å². The lowest BCUT2D eigenvalue weighted by molar-refractivity contribution is -0.153. The number of hydrogen-bond donors (Lipinski definition) is 2. The summed E-state index contributed by atoms with van der Waals surface area (Å²) >= 11 is 0. The average Bonchev–Trinajstić information content (AvgIpc) is 2.99. The molecule has 0 aromatic rings. The van der Waals surface area contributed by atoms with Crippen LogP contribution in [0.4, 0.5) is 13.2 Å². The van der Waals surface area contributed by atoms with E-state index in [0.29, 0.717) is 13.0 Å². The smallest absolute Gasteiger partial charge is 0.395 e. The van der Waals surface area contributed by atoms with Gasteiger partial charge in [-0.15, -0.1) is 0 Å². The topological polar surface area (TPSA) is 49.5 Å². The summed E-state index contributed by atoms with van der Waals surface area (Å²) in [5.41, 5.74) is 5.91. The van der Waals surface area contributed by atoms with Gasteiger partial charge in [-0.05, 0) is 31.7 Å². The van der Waals surface area contributed by atoms with E-state index >= 15 is 0 Å². The van der Waals surface area contributed by atoms with E-state index in [1.165, 1.54) is 4.90 Å². The Balaban J connectivity index is 2.63. The molecule has 0 spiro atoms. The van der Waals surface area contributed by atoms with Crippen molar-refractivity contribution in [3.8, 4) is 0 Å². The van der Waals surface area contributed by atoms with Crippen LogP contribution in [-0.2, 0) is 0 Å². The summed E-state index contributed by atoms with van der Waals surface area (Å²) in [7, 11) is 0. The minimum atomic E-state index is -4.24. The lowest BCUT2D eigenvalue weighted by atomic mass is 10.0. The van der Waals surface area contributed by atoms with Gasteiger partial charge in [0.25, 0.3) is 0 Å². The van der Waals surface area contributed by atoms with Gasteiger partial charge in [0.15, 0.2) is 0 Å². The molecule has 3 nitrogen and oxygen atoms in total. The number of alkyl halides is 3. The molecule has 3 N–H and O–H groups in total. The molecule has 1 rings (SSSR count). The van der Waals surface area contributed by atoms with Gasteiger partial charge in [0.1, 0.15) is 0 Å². The standard InChI is InChI=1S/C11H21F3N2O/c1-2-5-16(7-11(12,13)14)9(6-17)10(15)8-3-4-8/h8-10,17H,2-7,15H2,1H3. The Labute approximate surface area is 99.8 Å². The molecule has 2 atom stereocenters. The fourth-order valence-corrected chi connectivity index (χ4v) is 2.16. The normalized spacial score (nSPS) is 20.6. The van der Waals surface area contributed by atoms with E-state index in [2.05, 4.69) is 0 Å². The zero-order chi connectivity index (χ0) is 13.1. The van der Waals surface area contributed by atoms with Crippen molar-refractivity contribution in [2.75, 3.05) is 19.7 Å². The maximum absolute atomic E-state index is 12.4. The molecule has 0 bridgehead atoms. The van der Waals surface area contributed by atoms with Crippen molar-refractivity contribution in [3.63, 3.8) is 0 Å². The number of nitrogens with zero attached hydrogens (tertiary/aromatic N) is 1.